The van der Waals surface area contributed by atoms with Crippen molar-refractivity contribution in [2.24, 2.45) is 4.99 Å². The second kappa shape index (κ2) is 10.9. The van der Waals surface area contributed by atoms with E-state index in [9.17, 15) is 4.79 Å². The van der Waals surface area contributed by atoms with E-state index in [1.54, 1.807) is 0 Å². The minimum absolute atomic E-state index is 0. The molecule has 0 bridgehead atoms. The van der Waals surface area contributed by atoms with Gasteiger partial charge in [0, 0.05) is 30.2 Å². The average Bonchev–Trinajstić information content (AvgIpc) is 2.98. The molecular formula is C17H25IN4O2. The number of nitrogens with zero attached hydrogens (tertiary/aromatic N) is 1. The highest BCUT2D eigenvalue weighted by Gasteiger charge is 2.04. The van der Waals surface area contributed by atoms with Gasteiger partial charge in [0.05, 0.1) is 20.1 Å². The number of guanidine groups is 1. The van der Waals surface area contributed by atoms with Crippen molar-refractivity contribution in [3.8, 4) is 0 Å². The summed E-state index contributed by atoms with van der Waals surface area (Å²) in [5.41, 5.74) is 2.43. The maximum atomic E-state index is 11.1. The van der Waals surface area contributed by atoms with Crippen molar-refractivity contribution < 1.29 is 9.53 Å². The van der Waals surface area contributed by atoms with Gasteiger partial charge in [0.25, 0.3) is 0 Å². The summed E-state index contributed by atoms with van der Waals surface area (Å²) in [6, 6.07) is 8.27. The van der Waals surface area contributed by atoms with Gasteiger partial charge in [-0.3, -0.25) is 9.79 Å². The van der Waals surface area contributed by atoms with Crippen LogP contribution in [0.1, 0.15) is 18.9 Å². The maximum Gasteiger partial charge on any atom is 0.307 e. The van der Waals surface area contributed by atoms with E-state index in [0.29, 0.717) is 6.54 Å². The Bertz CT molecular complexity index is 669. The van der Waals surface area contributed by atoms with Gasteiger partial charge < -0.3 is 20.4 Å². The molecule has 0 amide bonds. The van der Waals surface area contributed by atoms with E-state index < -0.39 is 0 Å². The van der Waals surface area contributed by atoms with E-state index >= 15 is 0 Å². The van der Waals surface area contributed by atoms with Crippen LogP contribution in [-0.2, 0) is 16.0 Å². The van der Waals surface area contributed by atoms with Crippen LogP contribution >= 0.6 is 24.0 Å². The second-order valence-corrected chi connectivity index (χ2v) is 5.12. The Kier molecular flexibility index (Phi) is 9.21. The number of hydrogen-bond acceptors (Lipinski definition) is 3. The van der Waals surface area contributed by atoms with Crippen LogP contribution in [0.25, 0.3) is 10.9 Å². The molecule has 0 aliphatic carbocycles. The fourth-order valence-electron chi connectivity index (χ4n) is 2.36. The first-order chi connectivity index (χ1) is 11.2. The molecule has 132 valence electrons. The summed E-state index contributed by atoms with van der Waals surface area (Å²) in [6.45, 7) is 3.97. The summed E-state index contributed by atoms with van der Waals surface area (Å²) < 4.78 is 4.61. The Labute approximate surface area is 159 Å². The van der Waals surface area contributed by atoms with E-state index in [4.69, 9.17) is 0 Å². The van der Waals surface area contributed by atoms with Crippen LogP contribution in [0.2, 0.25) is 0 Å². The molecular weight excluding hydrogens is 419 g/mol. The number of ether oxygens (including phenoxy) is 1. The summed E-state index contributed by atoms with van der Waals surface area (Å²) in [5, 5.41) is 7.71. The van der Waals surface area contributed by atoms with Gasteiger partial charge in [-0.2, -0.15) is 0 Å². The van der Waals surface area contributed by atoms with Crippen LogP contribution < -0.4 is 10.6 Å². The first-order valence-corrected chi connectivity index (χ1v) is 7.88. The standard InChI is InChI=1S/C17H24N4O2.HI/c1-3-18-17(20-11-9-16(22)23-2)19-10-8-13-12-21-15-7-5-4-6-14(13)15;/h4-7,12,21H,3,8-11H2,1-2H3,(H2,18,19,20);1H. The normalized spacial score (nSPS) is 11.0. The monoisotopic (exact) mass is 444 g/mol. The van der Waals surface area contributed by atoms with Gasteiger partial charge in [-0.1, -0.05) is 18.2 Å². The molecule has 3 N–H and O–H groups in total. The quantitative estimate of drug-likeness (QED) is 0.265. The van der Waals surface area contributed by atoms with Gasteiger partial charge in [0.1, 0.15) is 0 Å². The van der Waals surface area contributed by atoms with E-state index in [2.05, 4.69) is 37.5 Å². The number of aliphatic imine (C=N–C) groups is 1. The third kappa shape index (κ3) is 6.03. The Morgan fingerprint density at radius 2 is 2.08 bits per heavy atom. The molecule has 0 saturated carbocycles. The molecule has 1 aromatic heterocycles. The lowest BCUT2D eigenvalue weighted by Gasteiger charge is -2.10. The van der Waals surface area contributed by atoms with Crippen LogP contribution in [0, 0.1) is 0 Å². The van der Waals surface area contributed by atoms with Crippen LogP contribution in [0.3, 0.4) is 0 Å². The summed E-state index contributed by atoms with van der Waals surface area (Å²) >= 11 is 0. The molecule has 0 fully saturated rings. The van der Waals surface area contributed by atoms with Crippen molar-refractivity contribution in [1.82, 2.24) is 15.6 Å². The van der Waals surface area contributed by atoms with Crippen molar-refractivity contribution in [3.63, 3.8) is 0 Å². The average molecular weight is 444 g/mol. The molecule has 0 unspecified atom stereocenters. The minimum Gasteiger partial charge on any atom is -0.469 e. The Balaban J connectivity index is 0.00000288. The van der Waals surface area contributed by atoms with Crippen molar-refractivity contribution in [2.45, 2.75) is 19.8 Å². The molecule has 24 heavy (non-hydrogen) atoms. The van der Waals surface area contributed by atoms with Crippen molar-refractivity contribution in [1.29, 1.82) is 0 Å². The molecule has 0 spiro atoms. The number of H-pyrrole nitrogens is 1. The Hall–Kier alpha value is -1.77. The number of carbonyl (C=O) groups excluding carboxylic acids is 1. The Morgan fingerprint density at radius 3 is 2.83 bits per heavy atom. The van der Waals surface area contributed by atoms with E-state index in [1.807, 2.05) is 25.3 Å². The number of methoxy groups -OCH3 is 1. The number of esters is 1. The molecule has 1 aromatic carbocycles. The zero-order valence-electron chi connectivity index (χ0n) is 14.1. The minimum atomic E-state index is -0.247. The number of rotatable bonds is 7. The SMILES string of the molecule is CCNC(=NCCC(=O)OC)NCCc1c[nH]c2ccccc12.I. The number of fused-ring (bicyclic) bond motifs is 1. The third-order valence-electron chi connectivity index (χ3n) is 3.52. The van der Waals surface area contributed by atoms with Gasteiger partial charge in [-0.15, -0.1) is 24.0 Å². The number of halogens is 1. The van der Waals surface area contributed by atoms with Crippen LogP contribution in [0.15, 0.2) is 35.5 Å². The van der Waals surface area contributed by atoms with Gasteiger partial charge in [-0.05, 0) is 25.0 Å². The molecule has 7 heteroatoms. The van der Waals surface area contributed by atoms with E-state index in [0.717, 1.165) is 31.0 Å². The molecule has 1 heterocycles. The highest BCUT2D eigenvalue weighted by molar-refractivity contribution is 14.0. The van der Waals surface area contributed by atoms with Gasteiger partial charge in [-0.25, -0.2) is 0 Å². The molecule has 2 aromatic rings. The van der Waals surface area contributed by atoms with Crippen molar-refractivity contribution in [3.05, 3.63) is 36.0 Å². The van der Waals surface area contributed by atoms with Crippen LogP contribution in [-0.4, -0.2) is 43.7 Å². The van der Waals surface area contributed by atoms with Gasteiger partial charge in [0.15, 0.2) is 5.96 Å². The number of hydrogen-bond donors (Lipinski definition) is 3. The zero-order valence-corrected chi connectivity index (χ0v) is 16.4. The highest BCUT2D eigenvalue weighted by atomic mass is 127. The largest absolute Gasteiger partial charge is 0.469 e. The molecule has 0 saturated heterocycles. The lowest BCUT2D eigenvalue weighted by molar-refractivity contribution is -0.140. The summed E-state index contributed by atoms with van der Waals surface area (Å²) in [7, 11) is 1.39. The number of benzene rings is 1. The highest BCUT2D eigenvalue weighted by Crippen LogP contribution is 2.17. The predicted molar refractivity (Wildman–Crippen MR) is 108 cm³/mol. The van der Waals surface area contributed by atoms with E-state index in [-0.39, 0.29) is 36.4 Å². The first-order valence-electron chi connectivity index (χ1n) is 7.88. The van der Waals surface area contributed by atoms with Gasteiger partial charge >= 0.3 is 5.97 Å². The smallest absolute Gasteiger partial charge is 0.307 e. The van der Waals surface area contributed by atoms with E-state index in [1.165, 1.54) is 18.1 Å². The topological polar surface area (TPSA) is 78.5 Å². The predicted octanol–water partition coefficient (Wildman–Crippen LogP) is 2.45. The number of nitrogens with one attached hydrogen (secondary N) is 3. The summed E-state index contributed by atoms with van der Waals surface area (Å²) in [6.07, 6.45) is 3.23. The van der Waals surface area contributed by atoms with Crippen LogP contribution in [0.5, 0.6) is 0 Å². The lowest BCUT2D eigenvalue weighted by atomic mass is 10.1. The van der Waals surface area contributed by atoms with Gasteiger partial charge in [0.2, 0.25) is 0 Å². The number of aromatic nitrogens is 1. The number of carbonyl (C=O) groups is 1. The molecule has 0 aliphatic heterocycles. The summed E-state index contributed by atoms with van der Waals surface area (Å²) in [4.78, 5) is 18.8. The maximum absolute atomic E-state index is 11.1. The molecule has 0 atom stereocenters. The fourth-order valence-corrected chi connectivity index (χ4v) is 2.36. The number of para-hydroxylation sites is 1. The van der Waals surface area contributed by atoms with Crippen LogP contribution in [0.4, 0.5) is 0 Å². The number of aromatic amines is 1. The zero-order chi connectivity index (χ0) is 16.5. The molecule has 2 rings (SSSR count). The van der Waals surface area contributed by atoms with Crippen molar-refractivity contribution >= 4 is 46.8 Å². The lowest BCUT2D eigenvalue weighted by Crippen LogP contribution is -2.38. The molecule has 6 nitrogen and oxygen atoms in total. The third-order valence-corrected chi connectivity index (χ3v) is 3.52. The summed E-state index contributed by atoms with van der Waals surface area (Å²) in [5.74, 6) is 0.472. The molecule has 0 aliphatic rings. The van der Waals surface area contributed by atoms with Crippen molar-refractivity contribution in [2.75, 3.05) is 26.7 Å². The first kappa shape index (κ1) is 20.3. The Morgan fingerprint density at radius 1 is 1.29 bits per heavy atom. The second-order valence-electron chi connectivity index (χ2n) is 5.12. The molecule has 0 radical (unpaired) electrons. The fraction of sp³-hybridized carbons (Fsp3) is 0.412.